The summed E-state index contributed by atoms with van der Waals surface area (Å²) in [6.45, 7) is 0.630. The van der Waals surface area contributed by atoms with Crippen molar-refractivity contribution in [2.45, 2.75) is 31.7 Å². The SMILES string of the molecule is O=C(c1occc1Cl)c1ccc2n1CCCCC2C(=O)O. The van der Waals surface area contributed by atoms with Crippen LogP contribution < -0.4 is 0 Å². The Kier molecular flexibility index (Phi) is 3.59. The van der Waals surface area contributed by atoms with Crippen LogP contribution in [0.15, 0.2) is 28.9 Å². The van der Waals surface area contributed by atoms with Crippen LogP contribution in [-0.4, -0.2) is 21.4 Å². The van der Waals surface area contributed by atoms with Crippen LogP contribution in [-0.2, 0) is 11.3 Å². The number of carbonyl (C=O) groups excluding carboxylic acids is 1. The maximum absolute atomic E-state index is 12.5. The first-order valence-corrected chi connectivity index (χ1v) is 7.17. The first kappa shape index (κ1) is 13.9. The molecule has 110 valence electrons. The average molecular weight is 308 g/mol. The van der Waals surface area contributed by atoms with Gasteiger partial charge in [-0.3, -0.25) is 9.59 Å². The summed E-state index contributed by atoms with van der Waals surface area (Å²) in [5.74, 6) is -1.65. The number of carboxylic acids is 1. The summed E-state index contributed by atoms with van der Waals surface area (Å²) >= 11 is 5.93. The molecule has 1 unspecified atom stereocenters. The van der Waals surface area contributed by atoms with Gasteiger partial charge in [-0.05, 0) is 31.0 Å². The minimum Gasteiger partial charge on any atom is -0.481 e. The molecule has 1 aliphatic rings. The van der Waals surface area contributed by atoms with E-state index in [9.17, 15) is 14.7 Å². The van der Waals surface area contributed by atoms with Gasteiger partial charge >= 0.3 is 5.97 Å². The van der Waals surface area contributed by atoms with Gasteiger partial charge in [0.1, 0.15) is 0 Å². The van der Waals surface area contributed by atoms with Crippen LogP contribution in [0.4, 0.5) is 0 Å². The van der Waals surface area contributed by atoms with Gasteiger partial charge in [0.05, 0.1) is 22.9 Å². The lowest BCUT2D eigenvalue weighted by Gasteiger charge is -2.13. The number of hydrogen-bond donors (Lipinski definition) is 1. The Balaban J connectivity index is 2.04. The van der Waals surface area contributed by atoms with Crippen LogP contribution in [0.25, 0.3) is 0 Å². The maximum atomic E-state index is 12.5. The van der Waals surface area contributed by atoms with E-state index in [0.717, 1.165) is 12.8 Å². The van der Waals surface area contributed by atoms with Crippen molar-refractivity contribution in [3.63, 3.8) is 0 Å². The minimum atomic E-state index is -0.855. The fourth-order valence-electron chi connectivity index (χ4n) is 2.82. The van der Waals surface area contributed by atoms with Crippen LogP contribution in [0, 0.1) is 0 Å². The van der Waals surface area contributed by atoms with Crippen LogP contribution in [0.5, 0.6) is 0 Å². The largest absolute Gasteiger partial charge is 0.481 e. The molecule has 0 bridgehead atoms. The molecule has 0 spiro atoms. The number of rotatable bonds is 3. The van der Waals surface area contributed by atoms with E-state index in [1.54, 1.807) is 16.7 Å². The molecule has 21 heavy (non-hydrogen) atoms. The molecule has 0 saturated carbocycles. The Labute approximate surface area is 126 Å². The highest BCUT2D eigenvalue weighted by Gasteiger charge is 2.29. The van der Waals surface area contributed by atoms with Gasteiger partial charge in [-0.2, -0.15) is 0 Å². The van der Waals surface area contributed by atoms with Gasteiger partial charge < -0.3 is 14.1 Å². The zero-order chi connectivity index (χ0) is 15.0. The highest BCUT2D eigenvalue weighted by Crippen LogP contribution is 2.30. The van der Waals surface area contributed by atoms with E-state index in [1.165, 1.54) is 12.3 Å². The molecule has 3 heterocycles. The summed E-state index contributed by atoms with van der Waals surface area (Å²) in [5.41, 5.74) is 1.10. The van der Waals surface area contributed by atoms with Crippen molar-refractivity contribution < 1.29 is 19.1 Å². The number of fused-ring (bicyclic) bond motifs is 1. The summed E-state index contributed by atoms with van der Waals surface area (Å²) in [6, 6.07) is 4.88. The van der Waals surface area contributed by atoms with Gasteiger partial charge in [0, 0.05) is 12.2 Å². The number of hydrogen-bond acceptors (Lipinski definition) is 3. The average Bonchev–Trinajstić information content (AvgIpc) is 2.99. The molecule has 2 aromatic heterocycles. The molecule has 0 aromatic carbocycles. The zero-order valence-corrected chi connectivity index (χ0v) is 12.0. The zero-order valence-electron chi connectivity index (χ0n) is 11.2. The van der Waals surface area contributed by atoms with Crippen LogP contribution >= 0.6 is 11.6 Å². The predicted octanol–water partition coefficient (Wildman–Crippen LogP) is 3.32. The molecular weight excluding hydrogens is 294 g/mol. The van der Waals surface area contributed by atoms with Crippen LogP contribution in [0.1, 0.15) is 47.1 Å². The number of aromatic nitrogens is 1. The molecule has 0 saturated heterocycles. The second-order valence-corrected chi connectivity index (χ2v) is 5.52. The third-order valence-corrected chi connectivity index (χ3v) is 4.15. The Hall–Kier alpha value is -2.01. The monoisotopic (exact) mass is 307 g/mol. The van der Waals surface area contributed by atoms with Gasteiger partial charge in [0.15, 0.2) is 5.76 Å². The topological polar surface area (TPSA) is 72.4 Å². The standard InChI is InChI=1S/C15H14ClNO4/c16-10-6-8-21-14(10)13(18)12-5-4-11-9(15(19)20)3-1-2-7-17(11)12/h4-6,8-9H,1-3,7H2,(H,19,20). The maximum Gasteiger partial charge on any atom is 0.312 e. The smallest absolute Gasteiger partial charge is 0.312 e. The number of ketones is 1. The molecule has 0 fully saturated rings. The molecule has 0 radical (unpaired) electrons. The Morgan fingerprint density at radius 1 is 1.29 bits per heavy atom. The van der Waals surface area contributed by atoms with Crippen LogP contribution in [0.2, 0.25) is 5.02 Å². The fraction of sp³-hybridized carbons (Fsp3) is 0.333. The number of halogens is 1. The van der Waals surface area contributed by atoms with E-state index < -0.39 is 11.9 Å². The Morgan fingerprint density at radius 2 is 2.10 bits per heavy atom. The highest BCUT2D eigenvalue weighted by molar-refractivity contribution is 6.34. The lowest BCUT2D eigenvalue weighted by atomic mass is 10.0. The van der Waals surface area contributed by atoms with E-state index in [2.05, 4.69) is 0 Å². The second-order valence-electron chi connectivity index (χ2n) is 5.11. The van der Waals surface area contributed by atoms with Crippen molar-refractivity contribution in [1.82, 2.24) is 4.57 Å². The first-order chi connectivity index (χ1) is 10.1. The van der Waals surface area contributed by atoms with Crippen molar-refractivity contribution >= 4 is 23.4 Å². The molecule has 1 aliphatic heterocycles. The Bertz CT molecular complexity index is 700. The molecular formula is C15H14ClNO4. The molecule has 5 nitrogen and oxygen atoms in total. The first-order valence-electron chi connectivity index (χ1n) is 6.79. The summed E-state index contributed by atoms with van der Waals surface area (Å²) in [5, 5.41) is 9.61. The number of furan rings is 1. The van der Waals surface area contributed by atoms with Gasteiger partial charge in [-0.1, -0.05) is 18.0 Å². The third-order valence-electron chi connectivity index (χ3n) is 3.85. The summed E-state index contributed by atoms with van der Waals surface area (Å²) in [7, 11) is 0. The van der Waals surface area contributed by atoms with E-state index in [0.29, 0.717) is 24.4 Å². The quantitative estimate of drug-likeness (QED) is 0.883. The molecule has 6 heteroatoms. The molecule has 1 atom stereocenters. The number of carbonyl (C=O) groups is 2. The highest BCUT2D eigenvalue weighted by atomic mass is 35.5. The molecule has 0 aliphatic carbocycles. The second kappa shape index (κ2) is 5.41. The van der Waals surface area contributed by atoms with Gasteiger partial charge in [0.25, 0.3) is 0 Å². The summed E-state index contributed by atoms with van der Waals surface area (Å²) < 4.78 is 6.92. The van der Waals surface area contributed by atoms with Crippen molar-refractivity contribution in [1.29, 1.82) is 0 Å². The van der Waals surface area contributed by atoms with Crippen LogP contribution in [0.3, 0.4) is 0 Å². The van der Waals surface area contributed by atoms with E-state index in [-0.39, 0.29) is 16.6 Å². The molecule has 1 N–H and O–H groups in total. The fourth-order valence-corrected chi connectivity index (χ4v) is 3.01. The normalized spacial score (nSPS) is 18.0. The summed E-state index contributed by atoms with van der Waals surface area (Å²) in [6.07, 6.45) is 3.63. The van der Waals surface area contributed by atoms with Gasteiger partial charge in [-0.25, -0.2) is 0 Å². The number of aliphatic carboxylic acids is 1. The van der Waals surface area contributed by atoms with Crippen molar-refractivity contribution in [3.8, 4) is 0 Å². The minimum absolute atomic E-state index is 0.0914. The molecule has 3 rings (SSSR count). The van der Waals surface area contributed by atoms with Crippen molar-refractivity contribution in [2.24, 2.45) is 0 Å². The van der Waals surface area contributed by atoms with Crippen molar-refractivity contribution in [2.75, 3.05) is 0 Å². The molecule has 0 amide bonds. The van der Waals surface area contributed by atoms with Crippen molar-refractivity contribution in [3.05, 3.63) is 46.6 Å². The third kappa shape index (κ3) is 2.38. The number of nitrogens with zero attached hydrogens (tertiary/aromatic N) is 1. The molecule has 2 aromatic rings. The summed E-state index contributed by atoms with van der Waals surface area (Å²) in [4.78, 5) is 23.9. The van der Waals surface area contributed by atoms with E-state index in [4.69, 9.17) is 16.0 Å². The van der Waals surface area contributed by atoms with Gasteiger partial charge in [0.2, 0.25) is 5.78 Å². The lowest BCUT2D eigenvalue weighted by molar-refractivity contribution is -0.139. The van der Waals surface area contributed by atoms with Gasteiger partial charge in [-0.15, -0.1) is 0 Å². The lowest BCUT2D eigenvalue weighted by Crippen LogP contribution is -2.16. The predicted molar refractivity (Wildman–Crippen MR) is 75.8 cm³/mol. The Morgan fingerprint density at radius 3 is 2.76 bits per heavy atom. The number of carboxylic acid groups (broad SMARTS) is 1. The van der Waals surface area contributed by atoms with E-state index in [1.807, 2.05) is 0 Å². The van der Waals surface area contributed by atoms with E-state index >= 15 is 0 Å².